The van der Waals surface area contributed by atoms with Gasteiger partial charge < -0.3 is 15.0 Å². The molecule has 3 rings (SSSR count). The van der Waals surface area contributed by atoms with Gasteiger partial charge in [0.2, 0.25) is 0 Å². The summed E-state index contributed by atoms with van der Waals surface area (Å²) in [6.45, 7) is 7.67. The number of carbonyl (C=O) groups is 1. The van der Waals surface area contributed by atoms with Crippen LogP contribution in [-0.2, 0) is 4.79 Å². The van der Waals surface area contributed by atoms with Crippen molar-refractivity contribution in [2.45, 2.75) is 39.2 Å². The summed E-state index contributed by atoms with van der Waals surface area (Å²) in [4.78, 5) is 14.6. The third-order valence-corrected chi connectivity index (χ3v) is 5.49. The summed E-state index contributed by atoms with van der Waals surface area (Å²) in [7, 11) is 0. The molecule has 0 aliphatic carbocycles. The molecule has 0 bridgehead atoms. The highest BCUT2D eigenvalue weighted by atomic mass is 35.5. The number of halogens is 2. The third-order valence-electron chi connectivity index (χ3n) is 5.26. The van der Waals surface area contributed by atoms with Crippen LogP contribution in [0, 0.1) is 12.3 Å². The highest BCUT2D eigenvalue weighted by Gasteiger charge is 2.38. The Bertz CT molecular complexity index is 578. The standard InChI is InChI=1S/C18H25ClN2O2.ClH/c1-13-11-15(19)3-4-16(13)23-14(2)17(22)21-9-6-18(7-10-21)5-8-20-12-18;/h3-4,11,14,20H,5-10,12H2,1-2H3;1H. The molecule has 2 saturated heterocycles. The molecule has 1 aromatic carbocycles. The summed E-state index contributed by atoms with van der Waals surface area (Å²) in [6.07, 6.45) is 2.97. The fourth-order valence-electron chi connectivity index (χ4n) is 3.67. The van der Waals surface area contributed by atoms with Crippen LogP contribution >= 0.6 is 24.0 Å². The Kier molecular flexibility index (Phi) is 6.40. The fraction of sp³-hybridized carbons (Fsp3) is 0.611. The minimum absolute atomic E-state index is 0. The molecule has 4 nitrogen and oxygen atoms in total. The van der Waals surface area contributed by atoms with Gasteiger partial charge in [0.05, 0.1) is 0 Å². The predicted molar refractivity (Wildman–Crippen MR) is 99.3 cm³/mol. The van der Waals surface area contributed by atoms with E-state index in [1.165, 1.54) is 6.42 Å². The number of likely N-dealkylation sites (tertiary alicyclic amines) is 1. The van der Waals surface area contributed by atoms with E-state index in [1.807, 2.05) is 30.9 Å². The molecule has 1 aromatic rings. The number of hydrogen-bond acceptors (Lipinski definition) is 3. The summed E-state index contributed by atoms with van der Waals surface area (Å²) >= 11 is 5.96. The van der Waals surface area contributed by atoms with E-state index in [4.69, 9.17) is 16.3 Å². The van der Waals surface area contributed by atoms with Gasteiger partial charge in [-0.05, 0) is 68.8 Å². The van der Waals surface area contributed by atoms with E-state index in [-0.39, 0.29) is 18.3 Å². The van der Waals surface area contributed by atoms with Crippen molar-refractivity contribution in [2.24, 2.45) is 5.41 Å². The number of hydrogen-bond donors (Lipinski definition) is 1. The van der Waals surface area contributed by atoms with Crippen LogP contribution in [0.25, 0.3) is 0 Å². The van der Waals surface area contributed by atoms with Gasteiger partial charge in [-0.3, -0.25) is 4.79 Å². The molecule has 0 saturated carbocycles. The van der Waals surface area contributed by atoms with Crippen LogP contribution in [-0.4, -0.2) is 43.1 Å². The maximum absolute atomic E-state index is 12.6. The van der Waals surface area contributed by atoms with Gasteiger partial charge in [0, 0.05) is 24.7 Å². The molecule has 0 radical (unpaired) electrons. The largest absolute Gasteiger partial charge is 0.481 e. The van der Waals surface area contributed by atoms with Crippen molar-refractivity contribution in [3.8, 4) is 5.75 Å². The number of piperidine rings is 1. The lowest BCUT2D eigenvalue weighted by atomic mass is 9.78. The average molecular weight is 373 g/mol. The molecule has 2 heterocycles. The Balaban J connectivity index is 0.00000208. The normalized spacial score (nSPS) is 20.5. The minimum atomic E-state index is -0.467. The van der Waals surface area contributed by atoms with Crippen molar-refractivity contribution >= 4 is 29.9 Å². The van der Waals surface area contributed by atoms with Gasteiger partial charge in [-0.25, -0.2) is 0 Å². The smallest absolute Gasteiger partial charge is 0.263 e. The summed E-state index contributed by atoms with van der Waals surface area (Å²) in [5, 5.41) is 4.13. The second kappa shape index (κ2) is 7.94. The lowest BCUT2D eigenvalue weighted by Crippen LogP contribution is -2.48. The van der Waals surface area contributed by atoms with Crippen LogP contribution in [0.5, 0.6) is 5.75 Å². The summed E-state index contributed by atoms with van der Waals surface area (Å²) < 4.78 is 5.87. The van der Waals surface area contributed by atoms with E-state index in [1.54, 1.807) is 6.07 Å². The van der Waals surface area contributed by atoms with Gasteiger partial charge in [0.25, 0.3) is 5.91 Å². The number of aryl methyl sites for hydroxylation is 1. The van der Waals surface area contributed by atoms with Crippen LogP contribution in [0.1, 0.15) is 31.7 Å². The molecule has 1 N–H and O–H groups in total. The lowest BCUT2D eigenvalue weighted by molar-refractivity contribution is -0.140. The van der Waals surface area contributed by atoms with E-state index >= 15 is 0 Å². The quantitative estimate of drug-likeness (QED) is 0.883. The molecule has 134 valence electrons. The molecule has 2 fully saturated rings. The highest BCUT2D eigenvalue weighted by molar-refractivity contribution is 6.30. The number of carbonyl (C=O) groups excluding carboxylic acids is 1. The third kappa shape index (κ3) is 4.16. The maximum Gasteiger partial charge on any atom is 0.263 e. The topological polar surface area (TPSA) is 41.6 Å². The zero-order valence-corrected chi connectivity index (χ0v) is 15.9. The van der Waals surface area contributed by atoms with Gasteiger partial charge in [-0.2, -0.15) is 0 Å². The summed E-state index contributed by atoms with van der Waals surface area (Å²) in [5.74, 6) is 0.809. The minimum Gasteiger partial charge on any atom is -0.481 e. The molecule has 24 heavy (non-hydrogen) atoms. The number of benzene rings is 1. The van der Waals surface area contributed by atoms with Crippen molar-refractivity contribution in [1.82, 2.24) is 10.2 Å². The maximum atomic E-state index is 12.6. The van der Waals surface area contributed by atoms with E-state index in [2.05, 4.69) is 5.32 Å². The fourth-order valence-corrected chi connectivity index (χ4v) is 3.89. The second-order valence-corrected chi connectivity index (χ2v) is 7.36. The molecule has 1 atom stereocenters. The first-order valence-corrected chi connectivity index (χ1v) is 8.79. The second-order valence-electron chi connectivity index (χ2n) is 6.92. The Morgan fingerprint density at radius 3 is 2.62 bits per heavy atom. The molecule has 0 aromatic heterocycles. The number of rotatable bonds is 3. The molecular weight excluding hydrogens is 347 g/mol. The van der Waals surface area contributed by atoms with Crippen LogP contribution < -0.4 is 10.1 Å². The first-order valence-electron chi connectivity index (χ1n) is 8.41. The van der Waals surface area contributed by atoms with E-state index in [0.29, 0.717) is 10.4 Å². The highest BCUT2D eigenvalue weighted by Crippen LogP contribution is 2.37. The van der Waals surface area contributed by atoms with Gasteiger partial charge >= 0.3 is 0 Å². The molecule has 6 heteroatoms. The van der Waals surface area contributed by atoms with Gasteiger partial charge in [0.1, 0.15) is 5.75 Å². The first-order chi connectivity index (χ1) is 11.0. The van der Waals surface area contributed by atoms with Gasteiger partial charge in [-0.1, -0.05) is 11.6 Å². The Morgan fingerprint density at radius 1 is 1.33 bits per heavy atom. The number of amides is 1. The molecule has 2 aliphatic rings. The predicted octanol–water partition coefficient (Wildman–Crippen LogP) is 3.44. The number of nitrogens with one attached hydrogen (secondary N) is 1. The van der Waals surface area contributed by atoms with Gasteiger partial charge in [-0.15, -0.1) is 12.4 Å². The molecule has 1 unspecified atom stereocenters. The molecular formula is C18H26Cl2N2O2. The first kappa shape index (κ1) is 19.4. The SMILES string of the molecule is Cc1cc(Cl)ccc1OC(C)C(=O)N1CCC2(CCNC2)CC1.Cl. The Morgan fingerprint density at radius 2 is 2.04 bits per heavy atom. The Labute approximate surface area is 155 Å². The number of nitrogens with zero attached hydrogens (tertiary/aromatic N) is 1. The van der Waals surface area contributed by atoms with Crippen molar-refractivity contribution in [2.75, 3.05) is 26.2 Å². The molecule has 1 spiro atoms. The van der Waals surface area contributed by atoms with Crippen molar-refractivity contribution in [1.29, 1.82) is 0 Å². The Hall–Kier alpha value is -0.970. The van der Waals surface area contributed by atoms with Crippen molar-refractivity contribution < 1.29 is 9.53 Å². The summed E-state index contributed by atoms with van der Waals surface area (Å²) in [6, 6.07) is 5.47. The van der Waals surface area contributed by atoms with Crippen LogP contribution in [0.4, 0.5) is 0 Å². The van der Waals surface area contributed by atoms with E-state index < -0.39 is 6.10 Å². The van der Waals surface area contributed by atoms with Crippen molar-refractivity contribution in [3.05, 3.63) is 28.8 Å². The number of ether oxygens (including phenoxy) is 1. The van der Waals surface area contributed by atoms with Crippen LogP contribution in [0.15, 0.2) is 18.2 Å². The molecule has 2 aliphatic heterocycles. The van der Waals surface area contributed by atoms with Crippen LogP contribution in [0.3, 0.4) is 0 Å². The molecule has 1 amide bonds. The van der Waals surface area contributed by atoms with Gasteiger partial charge in [0.15, 0.2) is 6.10 Å². The van der Waals surface area contributed by atoms with Crippen molar-refractivity contribution in [3.63, 3.8) is 0 Å². The lowest BCUT2D eigenvalue weighted by Gasteiger charge is -2.39. The average Bonchev–Trinajstić information content (AvgIpc) is 2.98. The monoisotopic (exact) mass is 372 g/mol. The van der Waals surface area contributed by atoms with E-state index in [9.17, 15) is 4.79 Å². The van der Waals surface area contributed by atoms with Crippen LogP contribution in [0.2, 0.25) is 5.02 Å². The summed E-state index contributed by atoms with van der Waals surface area (Å²) in [5.41, 5.74) is 1.37. The zero-order chi connectivity index (χ0) is 16.4. The van der Waals surface area contributed by atoms with E-state index in [0.717, 1.165) is 50.3 Å². The zero-order valence-electron chi connectivity index (χ0n) is 14.3.